The average Bonchev–Trinajstić information content (AvgIpc) is 2.78. The summed E-state index contributed by atoms with van der Waals surface area (Å²) in [6, 6.07) is 9.16. The Balaban J connectivity index is 2.02. The maximum Gasteiger partial charge on any atom is 0.408 e. The topological polar surface area (TPSA) is 128 Å². The Kier molecular flexibility index (Phi) is 8.81. The van der Waals surface area contributed by atoms with E-state index in [2.05, 4.69) is 10.6 Å². The molecule has 9 nitrogen and oxygen atoms in total. The van der Waals surface area contributed by atoms with Crippen LogP contribution in [0.25, 0.3) is 0 Å². The first kappa shape index (κ1) is 28.0. The van der Waals surface area contributed by atoms with Crippen molar-refractivity contribution in [3.8, 4) is 5.75 Å². The van der Waals surface area contributed by atoms with Gasteiger partial charge < -0.3 is 30.5 Å². The van der Waals surface area contributed by atoms with Crippen molar-refractivity contribution in [1.29, 1.82) is 0 Å². The van der Waals surface area contributed by atoms with Gasteiger partial charge in [-0.15, -0.1) is 0 Å². The number of phenols is 1. The van der Waals surface area contributed by atoms with Crippen LogP contribution in [0.15, 0.2) is 42.5 Å². The zero-order chi connectivity index (χ0) is 27.3. The van der Waals surface area contributed by atoms with Gasteiger partial charge in [0.2, 0.25) is 5.91 Å². The van der Waals surface area contributed by atoms with Gasteiger partial charge in [0, 0.05) is 17.3 Å². The van der Waals surface area contributed by atoms with Crippen LogP contribution in [0.5, 0.6) is 5.75 Å². The number of alkyl carbamates (subject to hydrolysis) is 1. The highest BCUT2D eigenvalue weighted by Crippen LogP contribution is 2.37. The predicted molar refractivity (Wildman–Crippen MR) is 140 cm³/mol. The number of benzene rings is 2. The Morgan fingerprint density at radius 3 is 2.19 bits per heavy atom. The van der Waals surface area contributed by atoms with Crippen molar-refractivity contribution in [1.82, 2.24) is 10.2 Å². The smallest absolute Gasteiger partial charge is 0.408 e. The van der Waals surface area contributed by atoms with Crippen molar-refractivity contribution in [2.24, 2.45) is 0 Å². The molecule has 9 heteroatoms. The number of hydrogen-bond donors (Lipinski definition) is 4. The minimum absolute atomic E-state index is 0.137. The summed E-state index contributed by atoms with van der Waals surface area (Å²) in [7, 11) is 0. The molecule has 1 saturated carbocycles. The predicted octanol–water partition coefficient (Wildman–Crippen LogP) is 3.96. The molecule has 0 spiro atoms. The molecule has 2 unspecified atom stereocenters. The summed E-state index contributed by atoms with van der Waals surface area (Å²) in [6.45, 7) is 8.13. The molecule has 1 fully saturated rings. The number of aromatic hydroxyl groups is 1. The number of ether oxygens (including phenoxy) is 1. The van der Waals surface area contributed by atoms with Crippen LogP contribution >= 0.6 is 0 Å². The summed E-state index contributed by atoms with van der Waals surface area (Å²) in [4.78, 5) is 41.6. The summed E-state index contributed by atoms with van der Waals surface area (Å²) < 4.78 is 5.27. The number of aryl methyl sites for hydroxylation is 2. The van der Waals surface area contributed by atoms with E-state index in [1.807, 2.05) is 32.0 Å². The van der Waals surface area contributed by atoms with Gasteiger partial charge in [-0.3, -0.25) is 9.59 Å². The van der Waals surface area contributed by atoms with E-state index in [0.717, 1.165) is 17.5 Å². The number of rotatable bonds is 8. The molecule has 2 aromatic carbocycles. The molecule has 3 amide bonds. The third-order valence-electron chi connectivity index (χ3n) is 6.38. The quantitative estimate of drug-likeness (QED) is 0.425. The van der Waals surface area contributed by atoms with Gasteiger partial charge in [-0.25, -0.2) is 4.79 Å². The van der Waals surface area contributed by atoms with Crippen molar-refractivity contribution < 1.29 is 29.3 Å². The lowest BCUT2D eigenvalue weighted by molar-refractivity contribution is -0.146. The summed E-state index contributed by atoms with van der Waals surface area (Å²) in [6.07, 6.45) is 1.31. The van der Waals surface area contributed by atoms with Crippen LogP contribution in [0.3, 0.4) is 0 Å². The van der Waals surface area contributed by atoms with E-state index < -0.39 is 42.2 Å². The summed E-state index contributed by atoms with van der Waals surface area (Å²) in [5.74, 6) is -1.28. The molecule has 0 aromatic heterocycles. The highest BCUT2D eigenvalue weighted by atomic mass is 16.6. The molecule has 0 radical (unpaired) electrons. The van der Waals surface area contributed by atoms with Crippen LogP contribution in [0.2, 0.25) is 0 Å². The number of anilines is 1. The fourth-order valence-electron chi connectivity index (χ4n) is 4.34. The molecular formula is C28H37N3O6. The van der Waals surface area contributed by atoms with Crippen LogP contribution in [0.4, 0.5) is 10.5 Å². The Bertz CT molecular complexity index is 1120. The van der Waals surface area contributed by atoms with Crippen LogP contribution in [-0.4, -0.2) is 57.3 Å². The first-order chi connectivity index (χ1) is 17.4. The molecule has 2 atom stereocenters. The first-order valence-corrected chi connectivity index (χ1v) is 12.5. The third kappa shape index (κ3) is 6.80. The number of aliphatic hydroxyl groups is 1. The first-order valence-electron chi connectivity index (χ1n) is 12.5. The van der Waals surface area contributed by atoms with Crippen molar-refractivity contribution >= 4 is 23.6 Å². The van der Waals surface area contributed by atoms with Gasteiger partial charge >= 0.3 is 6.09 Å². The Morgan fingerprint density at radius 1 is 1.05 bits per heavy atom. The number of amides is 3. The minimum atomic E-state index is -1.34. The number of phenolic OH excluding ortho intramolecular Hbond substituents is 1. The van der Waals surface area contributed by atoms with E-state index in [4.69, 9.17) is 4.74 Å². The van der Waals surface area contributed by atoms with Crippen molar-refractivity contribution in [3.05, 3.63) is 59.2 Å². The lowest BCUT2D eigenvalue weighted by Gasteiger charge is -2.43. The molecule has 0 bridgehead atoms. The highest BCUT2D eigenvalue weighted by molar-refractivity contribution is 6.00. The van der Waals surface area contributed by atoms with Gasteiger partial charge in [-0.2, -0.15) is 0 Å². The number of nitrogens with one attached hydrogen (secondary N) is 2. The van der Waals surface area contributed by atoms with Gasteiger partial charge in [0.1, 0.15) is 23.4 Å². The van der Waals surface area contributed by atoms with Crippen LogP contribution in [0, 0.1) is 13.8 Å². The fraction of sp³-hybridized carbons (Fsp3) is 0.464. The molecule has 2 aromatic rings. The van der Waals surface area contributed by atoms with E-state index in [1.165, 1.54) is 11.0 Å². The summed E-state index contributed by atoms with van der Waals surface area (Å²) in [5.41, 5.74) is 1.78. The van der Waals surface area contributed by atoms with Gasteiger partial charge in [0.05, 0.1) is 6.61 Å². The molecule has 1 aliphatic rings. The molecule has 0 saturated heterocycles. The normalized spacial score (nSPS) is 15.2. The van der Waals surface area contributed by atoms with Crippen molar-refractivity contribution in [2.45, 2.75) is 77.6 Å². The number of hydrogen-bond acceptors (Lipinski definition) is 6. The molecule has 3 rings (SSSR count). The number of nitrogens with zero attached hydrogens (tertiary/aromatic N) is 1. The van der Waals surface area contributed by atoms with E-state index >= 15 is 0 Å². The maximum absolute atomic E-state index is 13.9. The summed E-state index contributed by atoms with van der Waals surface area (Å²) in [5, 5.41) is 26.2. The number of carbonyl (C=O) groups excluding carboxylic acids is 3. The van der Waals surface area contributed by atoms with Gasteiger partial charge in [-0.05, 0) is 71.1 Å². The second-order valence-corrected chi connectivity index (χ2v) is 10.4. The van der Waals surface area contributed by atoms with E-state index in [0.29, 0.717) is 18.5 Å². The average molecular weight is 512 g/mol. The molecular weight excluding hydrogens is 474 g/mol. The second-order valence-electron chi connectivity index (χ2n) is 10.4. The Hall–Kier alpha value is -3.59. The molecule has 37 heavy (non-hydrogen) atoms. The molecule has 0 heterocycles. The van der Waals surface area contributed by atoms with Crippen LogP contribution in [-0.2, 0) is 14.3 Å². The third-order valence-corrected chi connectivity index (χ3v) is 6.38. The standard InChI is InChI=1S/C28H37N3O6/c1-17-10-8-11-18(2)23(17)30-25(34)24(20-14-6-7-15-22(20)33)31(19-12-9-13-19)26(35)21(16-32)29-27(36)37-28(3,4)5/h6-8,10-11,14-15,19,21,24,32-33H,9,12-13,16H2,1-5H3,(H,29,36)(H,30,34). The minimum Gasteiger partial charge on any atom is -0.508 e. The Morgan fingerprint density at radius 2 is 1.68 bits per heavy atom. The largest absolute Gasteiger partial charge is 0.508 e. The van der Waals surface area contributed by atoms with E-state index in [1.54, 1.807) is 39.0 Å². The number of carbonyl (C=O) groups is 3. The van der Waals surface area contributed by atoms with Crippen LogP contribution in [0.1, 0.15) is 62.8 Å². The monoisotopic (exact) mass is 511 g/mol. The van der Waals surface area contributed by atoms with Crippen LogP contribution < -0.4 is 10.6 Å². The van der Waals surface area contributed by atoms with Gasteiger partial charge in [0.25, 0.3) is 5.91 Å². The van der Waals surface area contributed by atoms with Crippen molar-refractivity contribution in [3.63, 3.8) is 0 Å². The summed E-state index contributed by atoms with van der Waals surface area (Å²) >= 11 is 0. The van der Waals surface area contributed by atoms with Gasteiger partial charge in [-0.1, -0.05) is 36.4 Å². The molecule has 1 aliphatic carbocycles. The maximum atomic E-state index is 13.9. The lowest BCUT2D eigenvalue weighted by atomic mass is 9.88. The number of aliphatic hydroxyl groups excluding tert-OH is 1. The molecule has 0 aliphatic heterocycles. The fourth-order valence-corrected chi connectivity index (χ4v) is 4.34. The highest BCUT2D eigenvalue weighted by Gasteiger charge is 2.42. The lowest BCUT2D eigenvalue weighted by Crippen LogP contribution is -2.58. The zero-order valence-electron chi connectivity index (χ0n) is 22.1. The van der Waals surface area contributed by atoms with E-state index in [-0.39, 0.29) is 17.4 Å². The Labute approximate surface area is 217 Å². The molecule has 4 N–H and O–H groups in total. The van der Waals surface area contributed by atoms with Crippen molar-refractivity contribution in [2.75, 3.05) is 11.9 Å². The second kappa shape index (κ2) is 11.6. The molecule has 200 valence electrons. The zero-order valence-corrected chi connectivity index (χ0v) is 22.1. The van der Waals surface area contributed by atoms with Gasteiger partial charge in [0.15, 0.2) is 0 Å². The number of para-hydroxylation sites is 2. The SMILES string of the molecule is Cc1cccc(C)c1NC(=O)C(c1ccccc1O)N(C(=O)C(CO)NC(=O)OC(C)(C)C)C1CCC1. The van der Waals surface area contributed by atoms with E-state index in [9.17, 15) is 24.6 Å².